The van der Waals surface area contributed by atoms with Crippen LogP contribution in [0.3, 0.4) is 0 Å². The monoisotopic (exact) mass is 430 g/mol. The van der Waals surface area contributed by atoms with E-state index >= 15 is 0 Å². The van der Waals surface area contributed by atoms with E-state index in [1.54, 1.807) is 12.3 Å². The first-order valence-corrected chi connectivity index (χ1v) is 10.8. The van der Waals surface area contributed by atoms with E-state index in [4.69, 9.17) is 4.42 Å². The summed E-state index contributed by atoms with van der Waals surface area (Å²) in [5, 5.41) is 6.64. The third-order valence-electron chi connectivity index (χ3n) is 5.53. The Hall–Kier alpha value is -3.65. The molecule has 4 aromatic rings. The average molecular weight is 431 g/mol. The molecule has 0 amide bonds. The summed E-state index contributed by atoms with van der Waals surface area (Å²) >= 11 is 0. The van der Waals surface area contributed by atoms with Gasteiger partial charge >= 0.3 is 5.76 Å². The summed E-state index contributed by atoms with van der Waals surface area (Å²) in [5.41, 5.74) is 6.57. The predicted molar refractivity (Wildman–Crippen MR) is 126 cm³/mol. The summed E-state index contributed by atoms with van der Waals surface area (Å²) in [7, 11) is 0. The third kappa shape index (κ3) is 4.22. The number of nitrogens with zero attached hydrogens (tertiary/aromatic N) is 3. The molecule has 0 saturated heterocycles. The molecule has 0 unspecified atom stereocenters. The van der Waals surface area contributed by atoms with Crippen molar-refractivity contribution in [3.63, 3.8) is 0 Å². The van der Waals surface area contributed by atoms with Crippen LogP contribution in [0.5, 0.6) is 0 Å². The maximum atomic E-state index is 11.4. The third-order valence-corrected chi connectivity index (χ3v) is 5.53. The van der Waals surface area contributed by atoms with Gasteiger partial charge in [-0.1, -0.05) is 19.9 Å². The van der Waals surface area contributed by atoms with Gasteiger partial charge in [0, 0.05) is 42.8 Å². The number of hydrogen-bond acceptors (Lipinski definition) is 7. The van der Waals surface area contributed by atoms with Crippen molar-refractivity contribution < 1.29 is 4.42 Å². The molecule has 0 bridgehead atoms. The lowest BCUT2D eigenvalue weighted by molar-refractivity contribution is 0.251. The van der Waals surface area contributed by atoms with Gasteiger partial charge in [0.1, 0.15) is 5.82 Å². The molecule has 0 spiro atoms. The average Bonchev–Trinajstić information content (AvgIpc) is 3.30. The first-order chi connectivity index (χ1) is 15.4. The van der Waals surface area contributed by atoms with Crippen LogP contribution in [-0.2, 0) is 13.1 Å². The van der Waals surface area contributed by atoms with Crippen LogP contribution in [0.25, 0.3) is 11.1 Å². The van der Waals surface area contributed by atoms with Crippen molar-refractivity contribution in [2.24, 2.45) is 5.92 Å². The highest BCUT2D eigenvalue weighted by Crippen LogP contribution is 2.28. The van der Waals surface area contributed by atoms with Crippen LogP contribution in [0.1, 0.15) is 30.5 Å². The minimum atomic E-state index is -0.469. The Balaban J connectivity index is 1.33. The molecule has 1 aliphatic heterocycles. The van der Waals surface area contributed by atoms with Crippen LogP contribution in [0.2, 0.25) is 0 Å². The van der Waals surface area contributed by atoms with Gasteiger partial charge in [-0.2, -0.15) is 4.98 Å². The highest BCUT2D eigenvalue weighted by molar-refractivity contribution is 5.78. The lowest BCUT2D eigenvalue weighted by atomic mass is 10.1. The normalized spacial score (nSPS) is 13.6. The Morgan fingerprint density at radius 1 is 1.09 bits per heavy atom. The van der Waals surface area contributed by atoms with E-state index in [0.29, 0.717) is 28.8 Å². The van der Waals surface area contributed by atoms with Gasteiger partial charge in [-0.25, -0.2) is 9.78 Å². The highest BCUT2D eigenvalue weighted by atomic mass is 16.4. The number of anilines is 4. The fourth-order valence-corrected chi connectivity index (χ4v) is 4.11. The van der Waals surface area contributed by atoms with Gasteiger partial charge in [0.15, 0.2) is 5.58 Å². The molecule has 5 rings (SSSR count). The topological polar surface area (TPSA) is 99.1 Å². The Labute approximate surface area is 185 Å². The molecule has 3 heterocycles. The molecule has 2 aromatic heterocycles. The molecule has 0 saturated carbocycles. The molecule has 0 fully saturated rings. The fourth-order valence-electron chi connectivity index (χ4n) is 4.11. The zero-order valence-electron chi connectivity index (χ0n) is 18.4. The van der Waals surface area contributed by atoms with Crippen molar-refractivity contribution in [3.05, 3.63) is 69.8 Å². The van der Waals surface area contributed by atoms with Crippen LogP contribution in [0.15, 0.2) is 51.8 Å². The van der Waals surface area contributed by atoms with E-state index < -0.39 is 5.76 Å². The number of aryl methyl sites for hydroxylation is 1. The van der Waals surface area contributed by atoms with Crippen LogP contribution in [0, 0.1) is 12.8 Å². The molecule has 0 atom stereocenters. The van der Waals surface area contributed by atoms with Crippen molar-refractivity contribution in [2.45, 2.75) is 33.9 Å². The Bertz CT molecular complexity index is 1340. The van der Waals surface area contributed by atoms with Gasteiger partial charge < -0.3 is 15.1 Å². The predicted octanol–water partition coefficient (Wildman–Crippen LogP) is 4.68. The first-order valence-electron chi connectivity index (χ1n) is 10.8. The zero-order valence-corrected chi connectivity index (χ0v) is 18.4. The molecule has 0 aliphatic carbocycles. The van der Waals surface area contributed by atoms with Gasteiger partial charge in [-0.05, 0) is 54.3 Å². The maximum absolute atomic E-state index is 11.4. The Morgan fingerprint density at radius 3 is 2.72 bits per heavy atom. The molecular weight excluding hydrogens is 404 g/mol. The summed E-state index contributed by atoms with van der Waals surface area (Å²) < 4.78 is 5.06. The standard InChI is InChI=1S/C24H26N6O2/c1-14(2)11-30-12-16-4-5-18(8-17(16)13-30)27-23-25-10-15(3)22(29-23)26-19-6-7-21-20(9-19)28-24(31)32-21/h4-10,14H,11-13H2,1-3H3,(H,28,31)(H2,25,26,27,29). The number of nitrogens with one attached hydrogen (secondary N) is 3. The van der Waals surface area contributed by atoms with E-state index in [-0.39, 0.29) is 0 Å². The van der Waals surface area contributed by atoms with Gasteiger partial charge in [0.2, 0.25) is 5.95 Å². The number of aromatic amines is 1. The molecule has 164 valence electrons. The van der Waals surface area contributed by atoms with E-state index in [1.807, 2.05) is 19.1 Å². The van der Waals surface area contributed by atoms with E-state index in [9.17, 15) is 4.79 Å². The Kier molecular flexibility index (Phi) is 5.14. The lowest BCUT2D eigenvalue weighted by Crippen LogP contribution is -2.21. The molecular formula is C24H26N6O2. The molecule has 2 aromatic carbocycles. The number of fused-ring (bicyclic) bond motifs is 2. The van der Waals surface area contributed by atoms with E-state index in [2.05, 4.69) is 62.5 Å². The molecule has 8 nitrogen and oxygen atoms in total. The number of benzene rings is 2. The summed E-state index contributed by atoms with van der Waals surface area (Å²) in [6.45, 7) is 9.54. The lowest BCUT2D eigenvalue weighted by Gasteiger charge is -2.16. The van der Waals surface area contributed by atoms with Crippen LogP contribution in [-0.4, -0.2) is 26.4 Å². The minimum absolute atomic E-state index is 0.469. The number of H-pyrrole nitrogens is 1. The van der Waals surface area contributed by atoms with Crippen molar-refractivity contribution in [1.29, 1.82) is 0 Å². The van der Waals surface area contributed by atoms with Crippen LogP contribution in [0.4, 0.5) is 23.1 Å². The second kappa shape index (κ2) is 8.12. The number of oxazole rings is 1. The molecule has 3 N–H and O–H groups in total. The second-order valence-electron chi connectivity index (χ2n) is 8.75. The van der Waals surface area contributed by atoms with Crippen LogP contribution >= 0.6 is 0 Å². The second-order valence-corrected chi connectivity index (χ2v) is 8.75. The van der Waals surface area contributed by atoms with Crippen LogP contribution < -0.4 is 16.4 Å². The van der Waals surface area contributed by atoms with Crippen molar-refractivity contribution in [1.82, 2.24) is 19.9 Å². The van der Waals surface area contributed by atoms with E-state index in [1.165, 1.54) is 11.1 Å². The molecule has 32 heavy (non-hydrogen) atoms. The quantitative estimate of drug-likeness (QED) is 0.408. The van der Waals surface area contributed by atoms with Gasteiger partial charge in [0.05, 0.1) is 5.52 Å². The summed E-state index contributed by atoms with van der Waals surface area (Å²) in [5.74, 6) is 1.40. The highest BCUT2D eigenvalue weighted by Gasteiger charge is 2.19. The molecule has 8 heteroatoms. The minimum Gasteiger partial charge on any atom is -0.408 e. The summed E-state index contributed by atoms with van der Waals surface area (Å²) in [4.78, 5) is 25.6. The zero-order chi connectivity index (χ0) is 22.2. The largest absolute Gasteiger partial charge is 0.417 e. The number of rotatable bonds is 6. The maximum Gasteiger partial charge on any atom is 0.417 e. The molecule has 1 aliphatic rings. The molecule has 0 radical (unpaired) electrons. The summed E-state index contributed by atoms with van der Waals surface area (Å²) in [6.07, 6.45) is 1.79. The van der Waals surface area contributed by atoms with E-state index in [0.717, 1.165) is 36.6 Å². The number of aromatic nitrogens is 3. The van der Waals surface area contributed by atoms with Crippen molar-refractivity contribution in [2.75, 3.05) is 17.2 Å². The van der Waals surface area contributed by atoms with Crippen molar-refractivity contribution in [3.8, 4) is 0 Å². The SMILES string of the molecule is Cc1cnc(Nc2ccc3c(c2)CN(CC(C)C)C3)nc1Nc1ccc2oc(=O)[nH]c2c1. The number of hydrogen-bond donors (Lipinski definition) is 3. The Morgan fingerprint density at radius 2 is 1.88 bits per heavy atom. The first kappa shape index (κ1) is 20.3. The van der Waals surface area contributed by atoms with Gasteiger partial charge in [-0.15, -0.1) is 0 Å². The van der Waals surface area contributed by atoms with Gasteiger partial charge in [-0.3, -0.25) is 9.88 Å². The fraction of sp³-hybridized carbons (Fsp3) is 0.292. The van der Waals surface area contributed by atoms with Crippen molar-refractivity contribution >= 4 is 34.2 Å². The summed E-state index contributed by atoms with van der Waals surface area (Å²) in [6, 6.07) is 11.9. The smallest absolute Gasteiger partial charge is 0.408 e. The van der Waals surface area contributed by atoms with Gasteiger partial charge in [0.25, 0.3) is 0 Å².